The highest BCUT2D eigenvalue weighted by atomic mass is 15.6. The van der Waals surface area contributed by atoms with Crippen molar-refractivity contribution in [1.82, 2.24) is 24.5 Å². The zero-order valence-corrected chi connectivity index (χ0v) is 5.89. The monoisotopic (exact) mass is 153 g/mol. The van der Waals surface area contributed by atoms with Gasteiger partial charge in [0.1, 0.15) is 6.33 Å². The number of nitrogens with one attached hydrogen (secondary N) is 1. The van der Waals surface area contributed by atoms with Crippen LogP contribution in [0.4, 0.5) is 5.95 Å². The molecule has 11 heavy (non-hydrogen) atoms. The van der Waals surface area contributed by atoms with E-state index < -0.39 is 0 Å². The number of fused-ring (bicyclic) bond motifs is 1. The Morgan fingerprint density at radius 3 is 3.09 bits per heavy atom. The van der Waals surface area contributed by atoms with Gasteiger partial charge in [-0.3, -0.25) is 0 Å². The van der Waals surface area contributed by atoms with Crippen molar-refractivity contribution in [2.24, 2.45) is 0 Å². The Morgan fingerprint density at radius 2 is 2.36 bits per heavy atom. The van der Waals surface area contributed by atoms with E-state index in [9.17, 15) is 0 Å². The first-order valence-electron chi connectivity index (χ1n) is 3.05. The van der Waals surface area contributed by atoms with Crippen LogP contribution in [0.1, 0.15) is 0 Å². The van der Waals surface area contributed by atoms with Gasteiger partial charge in [-0.25, -0.2) is 4.68 Å². The fraction of sp³-hybridized carbons (Fsp3) is 0.250. The molecule has 2 aromatic heterocycles. The number of rotatable bonds is 1. The lowest BCUT2D eigenvalue weighted by atomic mass is 11.0. The zero-order chi connectivity index (χ0) is 7.84. The molecule has 0 aliphatic rings. The average Bonchev–Trinajstić information content (AvgIpc) is 2.53. The molecular formula is C4H7N7. The van der Waals surface area contributed by atoms with Gasteiger partial charge in [-0.1, -0.05) is 0 Å². The molecule has 0 spiro atoms. The van der Waals surface area contributed by atoms with E-state index in [1.807, 2.05) is 0 Å². The molecule has 58 valence electrons. The standard InChI is InChI=1S/C4H7N7/c1-6-10-2-7-11-3(5)8-9-4(10)11/h2,6H,1H3,(H2,5,8). The molecule has 3 N–H and O–H groups in total. The minimum Gasteiger partial charge on any atom is -0.366 e. The molecule has 7 heteroatoms. The number of nitrogen functional groups attached to an aromatic ring is 1. The molecule has 0 radical (unpaired) electrons. The predicted molar refractivity (Wildman–Crippen MR) is 38.5 cm³/mol. The van der Waals surface area contributed by atoms with Crippen LogP contribution in [0.15, 0.2) is 6.33 Å². The lowest BCUT2D eigenvalue weighted by Crippen LogP contribution is -2.07. The summed E-state index contributed by atoms with van der Waals surface area (Å²) in [6, 6.07) is 0. The second kappa shape index (κ2) is 1.84. The van der Waals surface area contributed by atoms with Crippen molar-refractivity contribution in [3.63, 3.8) is 0 Å². The Labute approximate surface area is 61.8 Å². The van der Waals surface area contributed by atoms with Crippen LogP contribution in [0.3, 0.4) is 0 Å². The van der Waals surface area contributed by atoms with Gasteiger partial charge in [0.2, 0.25) is 5.95 Å². The predicted octanol–water partition coefficient (Wildman–Crippen LogP) is -1.32. The molecule has 0 aliphatic carbocycles. The van der Waals surface area contributed by atoms with Crippen LogP contribution in [0.25, 0.3) is 5.78 Å². The molecule has 7 nitrogen and oxygen atoms in total. The van der Waals surface area contributed by atoms with Crippen molar-refractivity contribution >= 4 is 11.7 Å². The van der Waals surface area contributed by atoms with Crippen LogP contribution in [-0.4, -0.2) is 31.5 Å². The van der Waals surface area contributed by atoms with E-state index in [1.165, 1.54) is 4.52 Å². The highest BCUT2D eigenvalue weighted by Crippen LogP contribution is 1.99. The van der Waals surface area contributed by atoms with E-state index in [-0.39, 0.29) is 5.95 Å². The molecule has 0 saturated heterocycles. The Kier molecular flexibility index (Phi) is 0.999. The summed E-state index contributed by atoms with van der Waals surface area (Å²) in [5.41, 5.74) is 8.27. The summed E-state index contributed by atoms with van der Waals surface area (Å²) >= 11 is 0. The van der Waals surface area contributed by atoms with Crippen molar-refractivity contribution in [3.05, 3.63) is 6.33 Å². The number of hydrogen-bond donors (Lipinski definition) is 2. The molecule has 2 heterocycles. The van der Waals surface area contributed by atoms with Crippen LogP contribution in [0.5, 0.6) is 0 Å². The summed E-state index contributed by atoms with van der Waals surface area (Å²) in [6.45, 7) is 0. The second-order valence-corrected chi connectivity index (χ2v) is 1.99. The van der Waals surface area contributed by atoms with Gasteiger partial charge in [-0.05, 0) is 0 Å². The summed E-state index contributed by atoms with van der Waals surface area (Å²) in [5, 5.41) is 11.3. The second-order valence-electron chi connectivity index (χ2n) is 1.99. The summed E-state index contributed by atoms with van der Waals surface area (Å²) in [7, 11) is 1.76. The molecule has 0 bridgehead atoms. The third-order valence-corrected chi connectivity index (χ3v) is 1.39. The van der Waals surface area contributed by atoms with Crippen molar-refractivity contribution in [3.8, 4) is 0 Å². The molecule has 0 aliphatic heterocycles. The quantitative estimate of drug-likeness (QED) is 0.530. The summed E-state index contributed by atoms with van der Waals surface area (Å²) in [5.74, 6) is 0.860. The van der Waals surface area contributed by atoms with Gasteiger partial charge in [0.05, 0.1) is 0 Å². The van der Waals surface area contributed by atoms with Crippen LogP contribution in [0.2, 0.25) is 0 Å². The number of aromatic nitrogens is 5. The molecule has 0 unspecified atom stereocenters. The first kappa shape index (κ1) is 5.96. The molecule has 0 atom stereocenters. The number of nitrogens with zero attached hydrogens (tertiary/aromatic N) is 5. The topological polar surface area (TPSA) is 86.1 Å². The third kappa shape index (κ3) is 0.642. The SMILES string of the molecule is CNn1cnn2c(N)nnc12. The van der Waals surface area contributed by atoms with Gasteiger partial charge in [0.25, 0.3) is 5.78 Å². The normalized spacial score (nSPS) is 10.6. The number of hydrogen-bond acceptors (Lipinski definition) is 5. The zero-order valence-electron chi connectivity index (χ0n) is 5.89. The Bertz CT molecular complexity index is 371. The lowest BCUT2D eigenvalue weighted by molar-refractivity contribution is 0.918. The van der Waals surface area contributed by atoms with Crippen LogP contribution < -0.4 is 11.2 Å². The Hall–Kier alpha value is -1.79. The molecule has 0 saturated carbocycles. The molecular weight excluding hydrogens is 146 g/mol. The van der Waals surface area contributed by atoms with Crippen molar-refractivity contribution in [1.29, 1.82) is 0 Å². The lowest BCUT2D eigenvalue weighted by Gasteiger charge is -1.94. The number of anilines is 1. The maximum atomic E-state index is 5.43. The summed E-state index contributed by atoms with van der Waals surface area (Å²) in [4.78, 5) is 0. The van der Waals surface area contributed by atoms with E-state index in [1.54, 1.807) is 18.1 Å². The molecule has 0 fully saturated rings. The average molecular weight is 153 g/mol. The maximum absolute atomic E-state index is 5.43. The van der Waals surface area contributed by atoms with Crippen LogP contribution in [-0.2, 0) is 0 Å². The largest absolute Gasteiger partial charge is 0.366 e. The molecule has 0 amide bonds. The van der Waals surface area contributed by atoms with Gasteiger partial charge in [-0.15, -0.1) is 10.2 Å². The highest BCUT2D eigenvalue weighted by Gasteiger charge is 2.05. The highest BCUT2D eigenvalue weighted by molar-refractivity contribution is 5.34. The fourth-order valence-corrected chi connectivity index (χ4v) is 0.857. The first-order chi connectivity index (χ1) is 5.33. The first-order valence-corrected chi connectivity index (χ1v) is 3.05. The summed E-state index contributed by atoms with van der Waals surface area (Å²) in [6.07, 6.45) is 1.57. The number of nitrogens with two attached hydrogens (primary N) is 1. The van der Waals surface area contributed by atoms with Gasteiger partial charge in [-0.2, -0.15) is 9.61 Å². The molecule has 0 aromatic carbocycles. The molecule has 2 rings (SSSR count). The van der Waals surface area contributed by atoms with Crippen molar-refractivity contribution in [2.75, 3.05) is 18.2 Å². The van der Waals surface area contributed by atoms with E-state index in [4.69, 9.17) is 5.73 Å². The van der Waals surface area contributed by atoms with Crippen molar-refractivity contribution in [2.45, 2.75) is 0 Å². The van der Waals surface area contributed by atoms with Gasteiger partial charge in [0.15, 0.2) is 0 Å². The third-order valence-electron chi connectivity index (χ3n) is 1.39. The van der Waals surface area contributed by atoms with Crippen LogP contribution >= 0.6 is 0 Å². The van der Waals surface area contributed by atoms with E-state index in [2.05, 4.69) is 20.7 Å². The van der Waals surface area contributed by atoms with E-state index >= 15 is 0 Å². The van der Waals surface area contributed by atoms with Gasteiger partial charge >= 0.3 is 0 Å². The fourth-order valence-electron chi connectivity index (χ4n) is 0.857. The van der Waals surface area contributed by atoms with E-state index in [0.29, 0.717) is 5.78 Å². The minimum atomic E-state index is 0.286. The Morgan fingerprint density at radius 1 is 1.55 bits per heavy atom. The van der Waals surface area contributed by atoms with Gasteiger partial charge in [0, 0.05) is 7.05 Å². The maximum Gasteiger partial charge on any atom is 0.274 e. The minimum absolute atomic E-state index is 0.286. The van der Waals surface area contributed by atoms with Crippen LogP contribution in [0, 0.1) is 0 Å². The Balaban J connectivity index is 2.77. The smallest absolute Gasteiger partial charge is 0.274 e. The van der Waals surface area contributed by atoms with Crippen molar-refractivity contribution < 1.29 is 0 Å². The summed E-state index contributed by atoms with van der Waals surface area (Å²) < 4.78 is 3.06. The van der Waals surface area contributed by atoms with E-state index in [0.717, 1.165) is 0 Å². The van der Waals surface area contributed by atoms with Gasteiger partial charge < -0.3 is 11.2 Å². The molecule has 2 aromatic rings.